The van der Waals surface area contributed by atoms with Crippen LogP contribution >= 0.6 is 0 Å². The number of rotatable bonds is 14. The quantitative estimate of drug-likeness (QED) is 0.140. The Morgan fingerprint density at radius 3 is 2.48 bits per heavy atom. The zero-order valence-corrected chi connectivity index (χ0v) is 31.6. The standard InChI is InChI=1S/C39H48FN5O8S/c1-43(24-35(51-2)52-3)54(49,50)42-38(46)28-14-16-31-33(20-28)45-23-30(44(19-18-41-39(47)48)22-26-10-6-4-7-11-26)25-53-34-21-29(40)15-17-32(34)37(45)36(31)27-12-8-5-9-13-27/h4,6-7,10-11,14-17,20-21,27,30,35,41H,5,8-9,12-13,18-19,22-25H2,1-3H3,(H,42,46)(H,47,48)/t30-/m1/s1. The second-order valence-electron chi connectivity index (χ2n) is 13.9. The summed E-state index contributed by atoms with van der Waals surface area (Å²) in [6.07, 6.45) is 3.24. The van der Waals surface area contributed by atoms with Gasteiger partial charge < -0.3 is 29.2 Å². The average molecular weight is 766 g/mol. The molecule has 1 fully saturated rings. The number of nitrogens with zero attached hydrogens (tertiary/aromatic N) is 3. The molecule has 0 unspecified atom stereocenters. The first-order chi connectivity index (χ1) is 26.0. The Morgan fingerprint density at radius 1 is 1.04 bits per heavy atom. The van der Waals surface area contributed by atoms with E-state index < -0.39 is 34.3 Å². The molecule has 1 atom stereocenters. The smallest absolute Gasteiger partial charge is 0.404 e. The minimum Gasteiger partial charge on any atom is -0.491 e. The first kappa shape index (κ1) is 39.2. The molecule has 0 bridgehead atoms. The van der Waals surface area contributed by atoms with Crippen LogP contribution in [0.4, 0.5) is 9.18 Å². The first-order valence-electron chi connectivity index (χ1n) is 18.2. The van der Waals surface area contributed by atoms with Crippen molar-refractivity contribution in [3.63, 3.8) is 0 Å². The van der Waals surface area contributed by atoms with E-state index in [1.54, 1.807) is 18.2 Å². The topological polar surface area (TPSA) is 152 Å². The molecule has 1 aromatic heterocycles. The number of ether oxygens (including phenoxy) is 3. The van der Waals surface area contributed by atoms with Crippen molar-refractivity contribution in [2.24, 2.45) is 0 Å². The van der Waals surface area contributed by atoms with E-state index in [9.17, 15) is 27.5 Å². The fourth-order valence-electron chi connectivity index (χ4n) is 7.61. The van der Waals surface area contributed by atoms with Crippen LogP contribution in [0.1, 0.15) is 59.5 Å². The van der Waals surface area contributed by atoms with E-state index >= 15 is 0 Å². The number of aromatic nitrogens is 1. The summed E-state index contributed by atoms with van der Waals surface area (Å²) in [7, 11) is -0.150. The van der Waals surface area contributed by atoms with Crippen molar-refractivity contribution in [3.8, 4) is 17.0 Å². The van der Waals surface area contributed by atoms with Gasteiger partial charge in [0.1, 0.15) is 18.2 Å². The monoisotopic (exact) mass is 765 g/mol. The minimum atomic E-state index is -4.26. The minimum absolute atomic E-state index is 0.142. The number of carbonyl (C=O) groups excluding carboxylic acids is 1. The fraction of sp³-hybridized carbons (Fsp3) is 0.436. The number of methoxy groups -OCH3 is 2. The van der Waals surface area contributed by atoms with E-state index in [4.69, 9.17) is 14.2 Å². The van der Waals surface area contributed by atoms with Gasteiger partial charge in [0.2, 0.25) is 0 Å². The van der Waals surface area contributed by atoms with Crippen molar-refractivity contribution in [3.05, 3.63) is 89.2 Å². The number of amides is 2. The van der Waals surface area contributed by atoms with Crippen LogP contribution in [0.5, 0.6) is 5.75 Å². The molecule has 54 heavy (non-hydrogen) atoms. The van der Waals surface area contributed by atoms with Crippen LogP contribution in [0, 0.1) is 5.82 Å². The van der Waals surface area contributed by atoms with E-state index in [-0.39, 0.29) is 37.2 Å². The molecule has 0 saturated heterocycles. The van der Waals surface area contributed by atoms with Crippen LogP contribution in [0.15, 0.2) is 66.7 Å². The highest BCUT2D eigenvalue weighted by molar-refractivity contribution is 7.87. The van der Waals surface area contributed by atoms with Gasteiger partial charge in [0.05, 0.1) is 18.3 Å². The SMILES string of the molecule is COC(CN(C)S(=O)(=O)NC(=O)c1ccc2c(C3CCCCC3)c3n(c2c1)C[C@@H](N(CCNC(=O)O)Cc1ccccc1)COc1cc(F)ccc1-3)OC. The molecule has 2 amide bonds. The molecule has 6 rings (SSSR count). The summed E-state index contributed by atoms with van der Waals surface area (Å²) in [5.41, 5.74) is 4.59. The van der Waals surface area contributed by atoms with Crippen LogP contribution < -0.4 is 14.8 Å². The highest BCUT2D eigenvalue weighted by Crippen LogP contribution is 2.47. The van der Waals surface area contributed by atoms with E-state index in [0.29, 0.717) is 25.4 Å². The summed E-state index contributed by atoms with van der Waals surface area (Å²) >= 11 is 0. The number of carbonyl (C=O) groups is 2. The van der Waals surface area contributed by atoms with E-state index in [0.717, 1.165) is 69.7 Å². The molecule has 15 heteroatoms. The lowest BCUT2D eigenvalue weighted by molar-refractivity contribution is -0.106. The number of fused-ring (bicyclic) bond motifs is 5. The predicted molar refractivity (Wildman–Crippen MR) is 202 cm³/mol. The highest BCUT2D eigenvalue weighted by atomic mass is 32.2. The molecule has 4 aromatic rings. The molecular weight excluding hydrogens is 718 g/mol. The van der Waals surface area contributed by atoms with Crippen molar-refractivity contribution in [1.82, 2.24) is 23.8 Å². The first-order valence-corrected chi connectivity index (χ1v) is 19.6. The van der Waals surface area contributed by atoms with Gasteiger partial charge in [-0.25, -0.2) is 13.9 Å². The molecule has 13 nitrogen and oxygen atoms in total. The summed E-state index contributed by atoms with van der Waals surface area (Å²) in [5, 5.41) is 12.8. The lowest BCUT2D eigenvalue weighted by atomic mass is 9.81. The molecular formula is C39H48FN5O8S. The van der Waals surface area contributed by atoms with Gasteiger partial charge in [0, 0.05) is 75.5 Å². The largest absolute Gasteiger partial charge is 0.491 e. The summed E-state index contributed by atoms with van der Waals surface area (Å²) in [6, 6.07) is 19.3. The highest BCUT2D eigenvalue weighted by Gasteiger charge is 2.33. The van der Waals surface area contributed by atoms with Crippen molar-refractivity contribution >= 4 is 33.1 Å². The molecule has 0 radical (unpaired) electrons. The van der Waals surface area contributed by atoms with Gasteiger partial charge >= 0.3 is 16.3 Å². The van der Waals surface area contributed by atoms with E-state index in [1.807, 2.05) is 36.4 Å². The maximum Gasteiger partial charge on any atom is 0.404 e. The maximum absolute atomic E-state index is 14.9. The number of likely N-dealkylation sites (N-methyl/N-ethyl adjacent to an activating group) is 1. The van der Waals surface area contributed by atoms with Crippen LogP contribution in [-0.2, 0) is 32.8 Å². The molecule has 2 heterocycles. The van der Waals surface area contributed by atoms with Crippen LogP contribution in [0.3, 0.4) is 0 Å². The van der Waals surface area contributed by atoms with Gasteiger partial charge in [-0.15, -0.1) is 0 Å². The molecule has 1 aliphatic heterocycles. The second-order valence-corrected chi connectivity index (χ2v) is 15.6. The van der Waals surface area contributed by atoms with Gasteiger partial charge in [-0.05, 0) is 54.2 Å². The fourth-order valence-corrected chi connectivity index (χ4v) is 8.43. The van der Waals surface area contributed by atoms with Gasteiger partial charge in [0.25, 0.3) is 5.91 Å². The Kier molecular flexibility index (Phi) is 12.5. The third kappa shape index (κ3) is 8.87. The van der Waals surface area contributed by atoms with Crippen molar-refractivity contribution in [1.29, 1.82) is 0 Å². The Hall–Kier alpha value is -4.54. The van der Waals surface area contributed by atoms with Gasteiger partial charge in [-0.2, -0.15) is 12.7 Å². The second kappa shape index (κ2) is 17.3. The molecule has 290 valence electrons. The molecule has 3 aromatic carbocycles. The van der Waals surface area contributed by atoms with Gasteiger partial charge in [-0.1, -0.05) is 55.7 Å². The zero-order chi connectivity index (χ0) is 38.4. The predicted octanol–water partition coefficient (Wildman–Crippen LogP) is 5.55. The third-order valence-electron chi connectivity index (χ3n) is 10.4. The molecule has 3 N–H and O–H groups in total. The third-order valence-corrected chi connectivity index (χ3v) is 11.8. The van der Waals surface area contributed by atoms with Crippen LogP contribution in [-0.4, -0.2) is 99.1 Å². The van der Waals surface area contributed by atoms with Crippen LogP contribution in [0.2, 0.25) is 0 Å². The van der Waals surface area contributed by atoms with Gasteiger partial charge in [-0.3, -0.25) is 9.69 Å². The number of nitrogens with one attached hydrogen (secondary N) is 2. The molecule has 1 aliphatic carbocycles. The number of hydrogen-bond acceptors (Lipinski definition) is 8. The Labute approximate surface area is 315 Å². The normalized spacial score (nSPS) is 16.5. The van der Waals surface area contributed by atoms with Crippen molar-refractivity contribution in [2.75, 3.05) is 47.5 Å². The number of halogens is 1. The van der Waals surface area contributed by atoms with Crippen LogP contribution in [0.25, 0.3) is 22.2 Å². The molecule has 2 aliphatic rings. The summed E-state index contributed by atoms with van der Waals surface area (Å²) in [6.45, 7) is 1.43. The number of hydrogen-bond donors (Lipinski definition) is 3. The molecule has 0 spiro atoms. The van der Waals surface area contributed by atoms with E-state index in [2.05, 4.69) is 19.5 Å². The number of benzene rings is 3. The Morgan fingerprint density at radius 2 is 1.78 bits per heavy atom. The van der Waals surface area contributed by atoms with E-state index in [1.165, 1.54) is 33.4 Å². The van der Waals surface area contributed by atoms with Crippen molar-refractivity contribution in [2.45, 2.75) is 63.4 Å². The summed E-state index contributed by atoms with van der Waals surface area (Å²) in [4.78, 5) is 27.3. The van der Waals surface area contributed by atoms with Gasteiger partial charge in [0.15, 0.2) is 6.29 Å². The maximum atomic E-state index is 14.9. The lowest BCUT2D eigenvalue weighted by Crippen LogP contribution is -2.46. The zero-order valence-electron chi connectivity index (χ0n) is 30.8. The van der Waals surface area contributed by atoms with Crippen molar-refractivity contribution < 1.29 is 41.7 Å². The Bertz CT molecular complexity index is 2050. The number of carboxylic acid groups (broad SMARTS) is 1. The summed E-state index contributed by atoms with van der Waals surface area (Å²) < 4.78 is 63.4. The lowest BCUT2D eigenvalue weighted by Gasteiger charge is -2.35. The Balaban J connectivity index is 1.48. The summed E-state index contributed by atoms with van der Waals surface area (Å²) in [5.74, 6) is -0.658. The average Bonchev–Trinajstić information content (AvgIpc) is 3.46. The molecule has 1 saturated carbocycles.